The molecule has 0 unspecified atom stereocenters. The van der Waals surface area contributed by atoms with Crippen molar-refractivity contribution >= 4 is 63.2 Å². The fourth-order valence-corrected chi connectivity index (χ4v) is 12.6. The Kier molecular flexibility index (Phi) is 20.5. The minimum atomic E-state index is 0. The fourth-order valence-electron chi connectivity index (χ4n) is 12.0. The van der Waals surface area contributed by atoms with Crippen molar-refractivity contribution in [3.63, 3.8) is 0 Å². The minimum Gasteiger partial charge on any atom is -0.657 e. The van der Waals surface area contributed by atoms with Crippen LogP contribution in [0.3, 0.4) is 0 Å². The Morgan fingerprint density at radius 1 is 0.408 bits per heavy atom. The van der Waals surface area contributed by atoms with E-state index in [0.717, 1.165) is 94.2 Å². The Labute approximate surface area is 489 Å². The Balaban J connectivity index is 0.000000531. The van der Waals surface area contributed by atoms with Crippen molar-refractivity contribution in [1.82, 2.24) is 19.9 Å². The Morgan fingerprint density at radius 2 is 0.684 bits per heavy atom. The smallest absolute Gasteiger partial charge is 0.657 e. The van der Waals surface area contributed by atoms with E-state index in [0.29, 0.717) is 11.8 Å². The van der Waals surface area contributed by atoms with Gasteiger partial charge in [-0.3, -0.25) is 4.79 Å². The molecule has 7 aromatic rings. The molecule has 4 aromatic carbocycles. The molecule has 2 aliphatic heterocycles. The van der Waals surface area contributed by atoms with Gasteiger partial charge < -0.3 is 9.97 Å². The van der Waals surface area contributed by atoms with Crippen molar-refractivity contribution in [3.8, 4) is 44.5 Å². The summed E-state index contributed by atoms with van der Waals surface area (Å²) < 4.78 is 0. The molecule has 0 saturated heterocycles. The first-order chi connectivity index (χ1) is 35.9. The van der Waals surface area contributed by atoms with Crippen molar-refractivity contribution in [2.75, 3.05) is 0 Å². The summed E-state index contributed by atoms with van der Waals surface area (Å²) in [5.41, 5.74) is 18.9. The number of carbonyl (C=O) groups is 1. The standard InChI is InChI=1S/C57H48N4OS.2C5H10.2Fe.Zn/c1-35-11-13-41(14-12-35)54-46-27-29-48(58-46)55(42-19-15-39(16-20-42)37-7-3-4-8-37)50-31-33-52(60-50)57(44-23-25-45(26-24-44)63-36(2)62)53-34-32-51(61-53)56(49-30-28-47(54)59-49)43-21-17-40(18-22-43)38-9-5-6-10-38;2*1-2-4-5-3-1;;;/h11-34,37-38H,3-10H2,1-2H3;2*1-5H2;;;/q-2;;;3*+2. The zero-order valence-corrected chi connectivity index (χ0v) is 50.3. The monoisotopic (exact) mass is 1150 g/mol. The zero-order chi connectivity index (χ0) is 49.5. The van der Waals surface area contributed by atoms with Crippen LogP contribution in [0.5, 0.6) is 0 Å². The number of nitrogens with zero attached hydrogens (tertiary/aromatic N) is 4. The van der Waals surface area contributed by atoms with Crippen molar-refractivity contribution in [2.45, 2.75) is 146 Å². The van der Waals surface area contributed by atoms with Crippen LogP contribution in [-0.2, 0) is 58.4 Å². The molecule has 4 fully saturated rings. The molecule has 4 saturated carbocycles. The first-order valence-corrected chi connectivity index (χ1v) is 28.4. The van der Waals surface area contributed by atoms with Gasteiger partial charge in [0.2, 0.25) is 0 Å². The van der Waals surface area contributed by atoms with Gasteiger partial charge in [0.15, 0.2) is 5.12 Å². The number of aromatic nitrogens is 4. The molecule has 3 aromatic heterocycles. The summed E-state index contributed by atoms with van der Waals surface area (Å²) in [5.74, 6) is 1.24. The maximum atomic E-state index is 12.1. The van der Waals surface area contributed by atoms with Crippen molar-refractivity contribution in [2.24, 2.45) is 0 Å². The molecule has 0 N–H and O–H groups in total. The first-order valence-electron chi connectivity index (χ1n) is 27.5. The van der Waals surface area contributed by atoms with Gasteiger partial charge in [-0.15, -0.1) is 22.1 Å². The summed E-state index contributed by atoms with van der Waals surface area (Å²) in [4.78, 5) is 34.9. The van der Waals surface area contributed by atoms with Gasteiger partial charge in [0.1, 0.15) is 0 Å². The van der Waals surface area contributed by atoms with Crippen molar-refractivity contribution in [3.05, 3.63) is 161 Å². The number of carbonyl (C=O) groups excluding carboxylic acids is 1. The second-order valence-electron chi connectivity index (χ2n) is 21.1. The van der Waals surface area contributed by atoms with Gasteiger partial charge in [0, 0.05) is 11.8 Å². The molecule has 0 amide bonds. The maximum Gasteiger partial charge on any atom is 2.00 e. The average molecular weight is 1150 g/mol. The largest absolute Gasteiger partial charge is 2.00 e. The number of aryl methyl sites for hydroxylation is 1. The molecule has 0 atom stereocenters. The summed E-state index contributed by atoms with van der Waals surface area (Å²) in [6.45, 7) is 3.72. The Hall–Kier alpha value is -4.84. The maximum absolute atomic E-state index is 12.1. The van der Waals surface area contributed by atoms with Gasteiger partial charge in [-0.2, -0.15) is 0 Å². The molecule has 13 rings (SSSR count). The van der Waals surface area contributed by atoms with E-state index < -0.39 is 0 Å². The quantitative estimate of drug-likeness (QED) is 0.117. The van der Waals surface area contributed by atoms with Crippen LogP contribution in [0.15, 0.2) is 126 Å². The van der Waals surface area contributed by atoms with Crippen LogP contribution in [0.2, 0.25) is 0 Å². The molecule has 8 bridgehead atoms. The van der Waals surface area contributed by atoms with E-state index in [1.54, 1.807) is 6.92 Å². The molecule has 0 radical (unpaired) electrons. The number of benzene rings is 4. The van der Waals surface area contributed by atoms with E-state index in [2.05, 4.69) is 140 Å². The van der Waals surface area contributed by atoms with E-state index >= 15 is 0 Å². The number of thioether (sulfide) groups is 1. The molecule has 4 aliphatic carbocycles. The summed E-state index contributed by atoms with van der Waals surface area (Å²) >= 11 is 1.24. The van der Waals surface area contributed by atoms with Crippen molar-refractivity contribution < 1.29 is 58.4 Å². The van der Waals surface area contributed by atoms with Gasteiger partial charge in [-0.1, -0.05) is 216 Å². The van der Waals surface area contributed by atoms with E-state index in [1.807, 2.05) is 12.1 Å². The topological polar surface area (TPSA) is 71.1 Å². The third-order valence-corrected chi connectivity index (χ3v) is 16.7. The third kappa shape index (κ3) is 13.3. The zero-order valence-electron chi connectivity index (χ0n) is 44.3. The van der Waals surface area contributed by atoms with Crippen LogP contribution in [0.4, 0.5) is 0 Å². The molecule has 5 heterocycles. The normalized spacial score (nSPS) is 15.7. The van der Waals surface area contributed by atoms with Crippen LogP contribution in [0.25, 0.3) is 90.9 Å². The summed E-state index contributed by atoms with van der Waals surface area (Å²) in [6.07, 6.45) is 33.7. The van der Waals surface area contributed by atoms with Crippen LogP contribution in [-0.4, -0.2) is 15.1 Å². The number of fused-ring (bicyclic) bond motifs is 8. The summed E-state index contributed by atoms with van der Waals surface area (Å²) in [7, 11) is 0. The van der Waals surface area contributed by atoms with Crippen molar-refractivity contribution in [1.29, 1.82) is 0 Å². The predicted octanol–water partition coefficient (Wildman–Crippen LogP) is 18.7. The number of hydrogen-bond acceptors (Lipinski definition) is 4. The van der Waals surface area contributed by atoms with Gasteiger partial charge in [-0.05, 0) is 137 Å². The second kappa shape index (κ2) is 27.2. The predicted molar refractivity (Wildman–Crippen MR) is 308 cm³/mol. The molecule has 76 heavy (non-hydrogen) atoms. The third-order valence-electron chi connectivity index (χ3n) is 15.9. The molecule has 0 spiro atoms. The average Bonchev–Trinajstić information content (AvgIpc) is 4.27. The number of rotatable bonds is 7. The van der Waals surface area contributed by atoms with E-state index in [9.17, 15) is 4.79 Å². The molecular formula is C67H68Fe2N4OSZn+4. The summed E-state index contributed by atoms with van der Waals surface area (Å²) in [5, 5.41) is 0.0561. The molecule has 9 heteroatoms. The molecule has 382 valence electrons. The second-order valence-corrected chi connectivity index (χ2v) is 22.3. The van der Waals surface area contributed by atoms with E-state index in [1.165, 1.54) is 144 Å². The van der Waals surface area contributed by atoms with Crippen LogP contribution >= 0.6 is 11.8 Å². The first kappa shape index (κ1) is 57.3. The van der Waals surface area contributed by atoms with Gasteiger partial charge >= 0.3 is 53.6 Å². The van der Waals surface area contributed by atoms with E-state index in [-0.39, 0.29) is 58.7 Å². The van der Waals surface area contributed by atoms with Crippen LogP contribution in [0, 0.1) is 6.92 Å². The van der Waals surface area contributed by atoms with Gasteiger partial charge in [-0.25, -0.2) is 9.97 Å². The minimum absolute atomic E-state index is 0. The van der Waals surface area contributed by atoms with Gasteiger partial charge in [0.25, 0.3) is 0 Å². The number of hydrogen-bond donors (Lipinski definition) is 0. The van der Waals surface area contributed by atoms with Gasteiger partial charge in [0.05, 0.1) is 22.8 Å². The SMILES string of the molecule is C1CCCC1.C1CCCC1.CC(=O)Sc1ccc(-c2c3nc(c(-c4ccc(C5CCCC5)cc4)c4ccc([n-]4)c(-c4ccc(C)cc4)c4nc(c(-c5ccc(C6CCCC6)cc5)c5ccc2[n-]5)C=C4)C=C3)cc1.[Fe+2].[Fe+2].[Zn+2]. The van der Waals surface area contributed by atoms with E-state index in [4.69, 9.17) is 19.9 Å². The van der Waals surface area contributed by atoms with Crippen LogP contribution < -0.4 is 9.97 Å². The summed E-state index contributed by atoms with van der Waals surface area (Å²) in [6, 6.07) is 43.7. The molecule has 6 aliphatic rings. The van der Waals surface area contributed by atoms with Crippen LogP contribution in [0.1, 0.15) is 174 Å². The molecule has 5 nitrogen and oxygen atoms in total. The fraction of sp³-hybridized carbons (Fsp3) is 0.328. The Bertz CT molecular complexity index is 3220. The molecular weight excluding hydrogens is 1090 g/mol. The Morgan fingerprint density at radius 3 is 0.974 bits per heavy atom.